The molecule has 1 N–H and O–H groups in total. The van der Waals surface area contributed by atoms with Gasteiger partial charge in [-0.2, -0.15) is 0 Å². The molecule has 1 heterocycles. The van der Waals surface area contributed by atoms with E-state index in [9.17, 15) is 4.79 Å². The predicted octanol–water partition coefficient (Wildman–Crippen LogP) is 5.78. The van der Waals surface area contributed by atoms with Gasteiger partial charge in [-0.05, 0) is 54.8 Å². The largest absolute Gasteiger partial charge is 0.348 e. The Morgan fingerprint density at radius 3 is 2.42 bits per heavy atom. The fourth-order valence-electron chi connectivity index (χ4n) is 2.34. The van der Waals surface area contributed by atoms with Crippen LogP contribution in [-0.4, -0.2) is 21.6 Å². The number of ketones is 1. The van der Waals surface area contributed by atoms with E-state index in [1.54, 1.807) is 47.6 Å². The fraction of sp³-hybridized carbons (Fsp3) is 0.0526. The second kappa shape index (κ2) is 8.58. The van der Waals surface area contributed by atoms with Gasteiger partial charge in [0.25, 0.3) is 0 Å². The highest BCUT2D eigenvalue weighted by Crippen LogP contribution is 2.27. The number of allylic oxidation sites excluding steroid dienone is 1. The standard InChI is InChI=1S/C19H15BrClN3OS/c1-26-19(23-16-8-4-14(20)5-9-16)17(24-11-10-22-12-24)18(25)13-2-6-15(21)7-3-13/h2-12,23H,1H3. The van der Waals surface area contributed by atoms with Crippen LogP contribution in [0.1, 0.15) is 10.4 Å². The smallest absolute Gasteiger partial charge is 0.212 e. The van der Waals surface area contributed by atoms with E-state index in [1.807, 2.05) is 30.5 Å². The number of thioether (sulfide) groups is 1. The zero-order chi connectivity index (χ0) is 18.5. The van der Waals surface area contributed by atoms with E-state index in [0.29, 0.717) is 16.3 Å². The monoisotopic (exact) mass is 447 g/mol. The summed E-state index contributed by atoms with van der Waals surface area (Å²) in [5.74, 6) is -0.117. The highest BCUT2D eigenvalue weighted by Gasteiger charge is 2.19. The Hall–Kier alpha value is -2.02. The van der Waals surface area contributed by atoms with E-state index >= 15 is 0 Å². The van der Waals surface area contributed by atoms with Crippen molar-refractivity contribution in [1.29, 1.82) is 0 Å². The molecular weight excluding hydrogens is 434 g/mol. The molecule has 1 aromatic heterocycles. The summed E-state index contributed by atoms with van der Waals surface area (Å²) in [6, 6.07) is 14.6. The van der Waals surface area contributed by atoms with Crippen molar-refractivity contribution in [2.45, 2.75) is 0 Å². The summed E-state index contributed by atoms with van der Waals surface area (Å²) in [5.41, 5.74) is 1.95. The Labute approximate surface area is 169 Å². The second-order valence-corrected chi connectivity index (χ2v) is 7.49. The second-order valence-electron chi connectivity index (χ2n) is 5.32. The number of rotatable bonds is 6. The zero-order valence-corrected chi connectivity index (χ0v) is 17.0. The van der Waals surface area contributed by atoms with Crippen LogP contribution < -0.4 is 5.32 Å². The first-order valence-corrected chi connectivity index (χ1v) is 10.1. The maximum atomic E-state index is 13.2. The number of hydrogen-bond acceptors (Lipinski definition) is 4. The van der Waals surface area contributed by atoms with Crippen molar-refractivity contribution in [3.8, 4) is 0 Å². The Morgan fingerprint density at radius 2 is 1.85 bits per heavy atom. The molecule has 3 rings (SSSR count). The zero-order valence-electron chi connectivity index (χ0n) is 13.8. The number of carbonyl (C=O) groups excluding carboxylic acids is 1. The molecule has 4 nitrogen and oxygen atoms in total. The molecule has 0 fully saturated rings. The molecule has 7 heteroatoms. The lowest BCUT2D eigenvalue weighted by Gasteiger charge is -2.16. The lowest BCUT2D eigenvalue weighted by molar-refractivity contribution is 0.105. The molecule has 0 unspecified atom stereocenters. The Kier molecular flexibility index (Phi) is 6.19. The minimum absolute atomic E-state index is 0.117. The van der Waals surface area contributed by atoms with Crippen molar-refractivity contribution in [3.63, 3.8) is 0 Å². The molecule has 0 atom stereocenters. The maximum Gasteiger partial charge on any atom is 0.212 e. The van der Waals surface area contributed by atoms with Gasteiger partial charge in [-0.3, -0.25) is 4.79 Å². The van der Waals surface area contributed by atoms with Gasteiger partial charge >= 0.3 is 0 Å². The number of nitrogens with zero attached hydrogens (tertiary/aromatic N) is 2. The fourth-order valence-corrected chi connectivity index (χ4v) is 3.34. The lowest BCUT2D eigenvalue weighted by atomic mass is 10.1. The summed E-state index contributed by atoms with van der Waals surface area (Å²) in [4.78, 5) is 17.3. The Morgan fingerprint density at radius 1 is 1.15 bits per heavy atom. The van der Waals surface area contributed by atoms with Crippen LogP contribution in [0, 0.1) is 0 Å². The van der Waals surface area contributed by atoms with Gasteiger partial charge in [0, 0.05) is 33.1 Å². The summed E-state index contributed by atoms with van der Waals surface area (Å²) in [6.07, 6.45) is 6.94. The Balaban J connectivity index is 2.05. The quantitative estimate of drug-likeness (QED) is 0.383. The maximum absolute atomic E-state index is 13.2. The number of carbonyl (C=O) groups is 1. The molecule has 0 bridgehead atoms. The first-order chi connectivity index (χ1) is 12.6. The van der Waals surface area contributed by atoms with E-state index in [0.717, 1.165) is 15.2 Å². The van der Waals surface area contributed by atoms with E-state index in [-0.39, 0.29) is 5.78 Å². The molecule has 0 amide bonds. The minimum Gasteiger partial charge on any atom is -0.348 e. The molecule has 26 heavy (non-hydrogen) atoms. The van der Waals surface area contributed by atoms with E-state index < -0.39 is 0 Å². The third-order valence-electron chi connectivity index (χ3n) is 3.61. The van der Waals surface area contributed by atoms with Crippen LogP contribution in [0.25, 0.3) is 5.70 Å². The number of benzene rings is 2. The predicted molar refractivity (Wildman–Crippen MR) is 113 cm³/mol. The van der Waals surface area contributed by atoms with Gasteiger partial charge in [0.1, 0.15) is 10.7 Å². The van der Waals surface area contributed by atoms with Crippen LogP contribution in [0.2, 0.25) is 5.02 Å². The first-order valence-electron chi connectivity index (χ1n) is 7.68. The molecule has 0 saturated carbocycles. The van der Waals surface area contributed by atoms with Crippen LogP contribution in [0.15, 0.2) is 76.8 Å². The average molecular weight is 449 g/mol. The molecule has 0 spiro atoms. The van der Waals surface area contributed by atoms with Gasteiger partial charge < -0.3 is 9.88 Å². The average Bonchev–Trinajstić information content (AvgIpc) is 3.17. The number of halogens is 2. The number of hydrogen-bond donors (Lipinski definition) is 1. The number of Topliss-reactive ketones (excluding diaryl/α,β-unsaturated/α-hetero) is 1. The number of aromatic nitrogens is 2. The van der Waals surface area contributed by atoms with Crippen molar-refractivity contribution in [2.24, 2.45) is 0 Å². The highest BCUT2D eigenvalue weighted by molar-refractivity contribution is 9.10. The first kappa shape index (κ1) is 18.8. The van der Waals surface area contributed by atoms with Gasteiger partial charge in [0.05, 0.1) is 6.33 Å². The molecule has 0 aliphatic carbocycles. The van der Waals surface area contributed by atoms with Crippen molar-refractivity contribution >= 4 is 56.5 Å². The van der Waals surface area contributed by atoms with Gasteiger partial charge in [-0.25, -0.2) is 4.98 Å². The summed E-state index contributed by atoms with van der Waals surface area (Å²) in [7, 11) is 0. The summed E-state index contributed by atoms with van der Waals surface area (Å²) < 4.78 is 2.71. The van der Waals surface area contributed by atoms with Crippen molar-refractivity contribution in [2.75, 3.05) is 11.6 Å². The summed E-state index contributed by atoms with van der Waals surface area (Å²) >= 11 is 10.8. The lowest BCUT2D eigenvalue weighted by Crippen LogP contribution is -2.13. The van der Waals surface area contributed by atoms with Crippen LogP contribution >= 0.6 is 39.3 Å². The van der Waals surface area contributed by atoms with Crippen molar-refractivity contribution < 1.29 is 4.79 Å². The normalized spacial score (nSPS) is 11.8. The van der Waals surface area contributed by atoms with E-state index in [1.165, 1.54) is 11.8 Å². The van der Waals surface area contributed by atoms with Gasteiger partial charge in [0.15, 0.2) is 0 Å². The van der Waals surface area contributed by atoms with Crippen molar-refractivity contribution in [1.82, 2.24) is 9.55 Å². The number of anilines is 1. The number of imidazole rings is 1. The van der Waals surface area contributed by atoms with E-state index in [2.05, 4.69) is 26.2 Å². The van der Waals surface area contributed by atoms with Gasteiger partial charge in [-0.15, -0.1) is 11.8 Å². The van der Waals surface area contributed by atoms with E-state index in [4.69, 9.17) is 11.6 Å². The SMILES string of the molecule is CSC(Nc1ccc(Br)cc1)=C(C(=O)c1ccc(Cl)cc1)n1ccnc1. The molecule has 0 radical (unpaired) electrons. The minimum atomic E-state index is -0.117. The summed E-state index contributed by atoms with van der Waals surface area (Å²) in [6.45, 7) is 0. The molecule has 132 valence electrons. The van der Waals surface area contributed by atoms with Gasteiger partial charge in [-0.1, -0.05) is 27.5 Å². The number of nitrogens with one attached hydrogen (secondary N) is 1. The molecular formula is C19H15BrClN3OS. The molecule has 3 aromatic rings. The molecule has 2 aromatic carbocycles. The van der Waals surface area contributed by atoms with Crippen LogP contribution in [0.3, 0.4) is 0 Å². The third kappa shape index (κ3) is 4.38. The molecule has 0 aliphatic heterocycles. The van der Waals surface area contributed by atoms with Crippen LogP contribution in [0.5, 0.6) is 0 Å². The third-order valence-corrected chi connectivity index (χ3v) is 5.09. The topological polar surface area (TPSA) is 46.9 Å². The van der Waals surface area contributed by atoms with Crippen molar-refractivity contribution in [3.05, 3.63) is 87.3 Å². The highest BCUT2D eigenvalue weighted by atomic mass is 79.9. The molecule has 0 aliphatic rings. The molecule has 0 saturated heterocycles. The summed E-state index contributed by atoms with van der Waals surface area (Å²) in [5, 5.41) is 4.65. The Bertz CT molecular complexity index is 922. The van der Waals surface area contributed by atoms with Crippen LogP contribution in [-0.2, 0) is 0 Å². The van der Waals surface area contributed by atoms with Gasteiger partial charge in [0.2, 0.25) is 5.78 Å². The van der Waals surface area contributed by atoms with Crippen LogP contribution in [0.4, 0.5) is 5.69 Å².